The molecule has 1 aromatic heterocycles. The highest BCUT2D eigenvalue weighted by Gasteiger charge is 2.17. The van der Waals surface area contributed by atoms with Crippen molar-refractivity contribution in [2.24, 2.45) is 0 Å². The Balaban J connectivity index is 1.93. The van der Waals surface area contributed by atoms with Gasteiger partial charge in [0.15, 0.2) is 0 Å². The predicted molar refractivity (Wildman–Crippen MR) is 66.1 cm³/mol. The molecule has 0 aromatic carbocycles. The Labute approximate surface area is 100 Å². The maximum atomic E-state index is 10.5. The van der Waals surface area contributed by atoms with Crippen molar-refractivity contribution in [3.63, 3.8) is 0 Å². The smallest absolute Gasteiger partial charge is 0.303 e. The Morgan fingerprint density at radius 1 is 1.31 bits per heavy atom. The maximum Gasteiger partial charge on any atom is 0.303 e. The van der Waals surface area contributed by atoms with Crippen molar-refractivity contribution in [2.45, 2.75) is 50.9 Å². The summed E-state index contributed by atoms with van der Waals surface area (Å²) in [4.78, 5) is 13.2. The molecule has 0 radical (unpaired) electrons. The fraction of sp³-hybridized carbons (Fsp3) is 0.615. The minimum absolute atomic E-state index is 0.255. The van der Waals surface area contributed by atoms with Gasteiger partial charge in [0.2, 0.25) is 0 Å². The van der Waals surface area contributed by atoms with Crippen molar-refractivity contribution in [1.82, 2.24) is 0 Å². The summed E-state index contributed by atoms with van der Waals surface area (Å²) in [6.07, 6.45) is 7.67. The van der Waals surface area contributed by atoms with Gasteiger partial charge in [-0.05, 0) is 37.3 Å². The van der Waals surface area contributed by atoms with Gasteiger partial charge in [-0.2, -0.15) is 0 Å². The lowest BCUT2D eigenvalue weighted by Gasteiger charge is -2.19. The molecule has 1 aliphatic carbocycles. The third kappa shape index (κ3) is 3.08. The van der Waals surface area contributed by atoms with E-state index >= 15 is 0 Å². The SMILES string of the molecule is O=C(O)CCc1ccc(C2CCCCC2)s1. The molecule has 2 rings (SSSR count). The first-order chi connectivity index (χ1) is 7.75. The number of hydrogen-bond acceptors (Lipinski definition) is 2. The summed E-state index contributed by atoms with van der Waals surface area (Å²) in [5.74, 6) is 0.0462. The first-order valence-electron chi connectivity index (χ1n) is 6.06. The Morgan fingerprint density at radius 2 is 2.06 bits per heavy atom. The van der Waals surface area contributed by atoms with Crippen LogP contribution in [-0.4, -0.2) is 11.1 Å². The monoisotopic (exact) mass is 238 g/mol. The lowest BCUT2D eigenvalue weighted by molar-refractivity contribution is -0.136. The molecule has 0 saturated heterocycles. The third-order valence-electron chi connectivity index (χ3n) is 3.28. The van der Waals surface area contributed by atoms with Crippen LogP contribution in [0.25, 0.3) is 0 Å². The number of carboxylic acid groups (broad SMARTS) is 1. The van der Waals surface area contributed by atoms with E-state index in [9.17, 15) is 4.79 Å². The molecule has 16 heavy (non-hydrogen) atoms. The highest BCUT2D eigenvalue weighted by molar-refractivity contribution is 7.12. The van der Waals surface area contributed by atoms with Crippen LogP contribution < -0.4 is 0 Å². The number of carboxylic acids is 1. The maximum absolute atomic E-state index is 10.5. The van der Waals surface area contributed by atoms with Crippen LogP contribution in [0.3, 0.4) is 0 Å². The summed E-state index contributed by atoms with van der Waals surface area (Å²) >= 11 is 1.82. The molecule has 1 saturated carbocycles. The molecule has 0 unspecified atom stereocenters. The quantitative estimate of drug-likeness (QED) is 0.866. The third-order valence-corrected chi connectivity index (χ3v) is 4.58. The van der Waals surface area contributed by atoms with Gasteiger partial charge in [-0.15, -0.1) is 11.3 Å². The standard InChI is InChI=1S/C13H18O2S/c14-13(15)9-7-11-6-8-12(16-11)10-4-2-1-3-5-10/h6,8,10H,1-5,7,9H2,(H,14,15). The molecule has 1 N–H and O–H groups in total. The van der Waals surface area contributed by atoms with Crippen molar-refractivity contribution in [1.29, 1.82) is 0 Å². The largest absolute Gasteiger partial charge is 0.481 e. The van der Waals surface area contributed by atoms with E-state index in [0.717, 1.165) is 5.92 Å². The van der Waals surface area contributed by atoms with Crippen molar-refractivity contribution in [3.05, 3.63) is 21.9 Å². The van der Waals surface area contributed by atoms with Crippen molar-refractivity contribution >= 4 is 17.3 Å². The molecule has 1 fully saturated rings. The Bertz CT molecular complexity index is 351. The van der Waals surface area contributed by atoms with Gasteiger partial charge < -0.3 is 5.11 Å². The van der Waals surface area contributed by atoms with E-state index in [4.69, 9.17) is 5.11 Å². The summed E-state index contributed by atoms with van der Waals surface area (Å²) < 4.78 is 0. The molecule has 3 heteroatoms. The lowest BCUT2D eigenvalue weighted by atomic mass is 9.88. The number of aliphatic carboxylic acids is 1. The van der Waals surface area contributed by atoms with Crippen molar-refractivity contribution < 1.29 is 9.90 Å². The van der Waals surface area contributed by atoms with Crippen molar-refractivity contribution in [3.8, 4) is 0 Å². The van der Waals surface area contributed by atoms with Crippen LogP contribution >= 0.6 is 11.3 Å². The van der Waals surface area contributed by atoms with E-state index < -0.39 is 5.97 Å². The van der Waals surface area contributed by atoms with Crippen LogP contribution in [0.1, 0.15) is 54.2 Å². The second-order valence-corrected chi connectivity index (χ2v) is 5.73. The first kappa shape index (κ1) is 11.6. The number of carbonyl (C=O) groups is 1. The van der Waals surface area contributed by atoms with Gasteiger partial charge in [-0.25, -0.2) is 0 Å². The molecular weight excluding hydrogens is 220 g/mol. The summed E-state index contributed by atoms with van der Waals surface area (Å²) in [6, 6.07) is 4.31. The van der Waals surface area contributed by atoms with Gasteiger partial charge in [0.1, 0.15) is 0 Å². The number of thiophene rings is 1. The molecule has 1 aliphatic rings. The number of hydrogen-bond donors (Lipinski definition) is 1. The van der Waals surface area contributed by atoms with Gasteiger partial charge in [0.05, 0.1) is 6.42 Å². The number of aryl methyl sites for hydroxylation is 1. The van der Waals surface area contributed by atoms with E-state index in [1.165, 1.54) is 41.9 Å². The average Bonchev–Trinajstić information content (AvgIpc) is 2.76. The summed E-state index contributed by atoms with van der Waals surface area (Å²) in [6.45, 7) is 0. The van der Waals surface area contributed by atoms with Gasteiger partial charge in [0.25, 0.3) is 0 Å². The zero-order valence-electron chi connectivity index (χ0n) is 9.45. The van der Waals surface area contributed by atoms with Crippen LogP contribution in [0.5, 0.6) is 0 Å². The molecule has 0 aliphatic heterocycles. The molecule has 0 amide bonds. The van der Waals surface area contributed by atoms with E-state index in [1.54, 1.807) is 0 Å². The van der Waals surface area contributed by atoms with Crippen LogP contribution in [0, 0.1) is 0 Å². The van der Waals surface area contributed by atoms with Gasteiger partial charge in [-0.1, -0.05) is 19.3 Å². The minimum Gasteiger partial charge on any atom is -0.481 e. The van der Waals surface area contributed by atoms with Crippen LogP contribution in [-0.2, 0) is 11.2 Å². The Hall–Kier alpha value is -0.830. The lowest BCUT2D eigenvalue weighted by Crippen LogP contribution is -2.02. The molecule has 1 aromatic rings. The van der Waals surface area contributed by atoms with Gasteiger partial charge in [0, 0.05) is 9.75 Å². The van der Waals surface area contributed by atoms with Crippen LogP contribution in [0.2, 0.25) is 0 Å². The molecular formula is C13H18O2S. The molecule has 2 nitrogen and oxygen atoms in total. The van der Waals surface area contributed by atoms with E-state index in [2.05, 4.69) is 12.1 Å². The zero-order chi connectivity index (χ0) is 11.4. The molecule has 0 spiro atoms. The van der Waals surface area contributed by atoms with Crippen molar-refractivity contribution in [2.75, 3.05) is 0 Å². The van der Waals surface area contributed by atoms with Gasteiger partial charge >= 0.3 is 5.97 Å². The first-order valence-corrected chi connectivity index (χ1v) is 6.88. The molecule has 0 bridgehead atoms. The summed E-state index contributed by atoms with van der Waals surface area (Å²) in [7, 11) is 0. The highest BCUT2D eigenvalue weighted by atomic mass is 32.1. The van der Waals surface area contributed by atoms with Crippen LogP contribution in [0.15, 0.2) is 12.1 Å². The topological polar surface area (TPSA) is 37.3 Å². The zero-order valence-corrected chi connectivity index (χ0v) is 10.3. The van der Waals surface area contributed by atoms with Gasteiger partial charge in [-0.3, -0.25) is 4.79 Å². The second kappa shape index (κ2) is 5.48. The molecule has 0 atom stereocenters. The number of rotatable bonds is 4. The predicted octanol–water partition coefficient (Wildman–Crippen LogP) is 3.81. The fourth-order valence-electron chi connectivity index (χ4n) is 2.37. The second-order valence-electron chi connectivity index (χ2n) is 4.53. The fourth-order valence-corrected chi connectivity index (χ4v) is 3.55. The Morgan fingerprint density at radius 3 is 2.75 bits per heavy atom. The average molecular weight is 238 g/mol. The normalized spacial score (nSPS) is 17.5. The molecule has 88 valence electrons. The van der Waals surface area contributed by atoms with E-state index in [-0.39, 0.29) is 6.42 Å². The van der Waals surface area contributed by atoms with E-state index in [1.807, 2.05) is 11.3 Å². The molecule has 1 heterocycles. The minimum atomic E-state index is -0.701. The summed E-state index contributed by atoms with van der Waals surface area (Å²) in [5, 5.41) is 8.63. The Kier molecular flexibility index (Phi) is 3.99. The summed E-state index contributed by atoms with van der Waals surface area (Å²) in [5.41, 5.74) is 0. The van der Waals surface area contributed by atoms with Crippen LogP contribution in [0.4, 0.5) is 0 Å². The highest BCUT2D eigenvalue weighted by Crippen LogP contribution is 2.36. The van der Waals surface area contributed by atoms with E-state index in [0.29, 0.717) is 6.42 Å².